The van der Waals surface area contributed by atoms with Crippen molar-refractivity contribution in [3.63, 3.8) is 0 Å². The highest BCUT2D eigenvalue weighted by Crippen LogP contribution is 2.34. The number of likely N-dealkylation sites (tertiary alicyclic amines) is 1. The molecule has 2 rings (SSSR count). The third-order valence-electron chi connectivity index (χ3n) is 3.92. The van der Waals surface area contributed by atoms with Crippen molar-refractivity contribution >= 4 is 6.09 Å². The molecular formula is C15H25NO4. The molecular weight excluding hydrogens is 258 g/mol. The van der Waals surface area contributed by atoms with Crippen LogP contribution in [0.2, 0.25) is 0 Å². The highest BCUT2D eigenvalue weighted by Gasteiger charge is 2.40. The van der Waals surface area contributed by atoms with Crippen LogP contribution in [0.5, 0.6) is 0 Å². The molecule has 5 heteroatoms. The molecule has 1 N–H and O–H groups in total. The first-order chi connectivity index (χ1) is 9.30. The number of nitrogens with zero attached hydrogens (tertiary/aromatic N) is 1. The van der Waals surface area contributed by atoms with Crippen molar-refractivity contribution in [3.05, 3.63) is 12.3 Å². The zero-order chi connectivity index (χ0) is 14.8. The second kappa shape index (κ2) is 5.64. The first kappa shape index (κ1) is 15.2. The standard InChI is InChI=1S/C15H25NO4/c1-14(2,3)20-13(17)16-8-6-15(18,7-9-16)12-4-10-19-11-5-12/h4,10,12,18H,5-9,11H2,1-3H3. The van der Waals surface area contributed by atoms with Crippen LogP contribution in [0.25, 0.3) is 0 Å². The molecule has 114 valence electrons. The Hall–Kier alpha value is -1.23. The summed E-state index contributed by atoms with van der Waals surface area (Å²) in [4.78, 5) is 13.7. The van der Waals surface area contributed by atoms with Crippen LogP contribution < -0.4 is 0 Å². The van der Waals surface area contributed by atoms with Gasteiger partial charge in [0.15, 0.2) is 0 Å². The molecule has 0 bridgehead atoms. The third kappa shape index (κ3) is 3.66. The first-order valence-electron chi connectivity index (χ1n) is 7.29. The van der Waals surface area contributed by atoms with Crippen LogP contribution in [-0.2, 0) is 9.47 Å². The Labute approximate surface area is 120 Å². The Bertz CT molecular complexity index is 378. The van der Waals surface area contributed by atoms with Gasteiger partial charge in [0.1, 0.15) is 5.60 Å². The normalized spacial score (nSPS) is 26.0. The van der Waals surface area contributed by atoms with Gasteiger partial charge in [-0.15, -0.1) is 0 Å². The molecule has 0 aromatic carbocycles. The molecule has 2 aliphatic heterocycles. The molecule has 2 heterocycles. The van der Waals surface area contributed by atoms with Gasteiger partial charge in [-0.25, -0.2) is 4.79 Å². The monoisotopic (exact) mass is 283 g/mol. The van der Waals surface area contributed by atoms with Crippen molar-refractivity contribution in [2.24, 2.45) is 5.92 Å². The van der Waals surface area contributed by atoms with E-state index < -0.39 is 11.2 Å². The molecule has 0 aromatic heterocycles. The maximum absolute atomic E-state index is 12.0. The predicted octanol–water partition coefficient (Wildman–Crippen LogP) is 2.30. The Morgan fingerprint density at radius 3 is 2.55 bits per heavy atom. The Balaban J connectivity index is 1.90. The maximum Gasteiger partial charge on any atom is 0.410 e. The van der Waals surface area contributed by atoms with Crippen molar-refractivity contribution in [1.82, 2.24) is 4.90 Å². The van der Waals surface area contributed by atoms with E-state index in [1.54, 1.807) is 11.2 Å². The number of carbonyl (C=O) groups excluding carboxylic acids is 1. The predicted molar refractivity (Wildman–Crippen MR) is 75.2 cm³/mol. The van der Waals surface area contributed by atoms with Gasteiger partial charge in [-0.2, -0.15) is 0 Å². The lowest BCUT2D eigenvalue weighted by molar-refractivity contribution is -0.0653. The molecule has 0 saturated carbocycles. The number of hydrogen-bond donors (Lipinski definition) is 1. The van der Waals surface area contributed by atoms with E-state index in [0.717, 1.165) is 6.42 Å². The van der Waals surface area contributed by atoms with Gasteiger partial charge in [0.25, 0.3) is 0 Å². The van der Waals surface area contributed by atoms with Crippen LogP contribution in [0.1, 0.15) is 40.0 Å². The van der Waals surface area contributed by atoms with Crippen LogP contribution in [0.3, 0.4) is 0 Å². The Morgan fingerprint density at radius 2 is 2.05 bits per heavy atom. The smallest absolute Gasteiger partial charge is 0.410 e. The summed E-state index contributed by atoms with van der Waals surface area (Å²) in [6, 6.07) is 0. The number of aliphatic hydroxyl groups is 1. The number of carbonyl (C=O) groups is 1. The fourth-order valence-corrected chi connectivity index (χ4v) is 2.73. The van der Waals surface area contributed by atoms with Crippen LogP contribution in [0, 0.1) is 5.92 Å². The lowest BCUT2D eigenvalue weighted by Gasteiger charge is -2.42. The highest BCUT2D eigenvalue weighted by molar-refractivity contribution is 5.68. The molecule has 2 aliphatic rings. The average molecular weight is 283 g/mol. The van der Waals surface area contributed by atoms with E-state index in [-0.39, 0.29) is 12.0 Å². The summed E-state index contributed by atoms with van der Waals surface area (Å²) in [5.41, 5.74) is -1.20. The fourth-order valence-electron chi connectivity index (χ4n) is 2.73. The molecule has 0 aromatic rings. The summed E-state index contributed by atoms with van der Waals surface area (Å²) in [5.74, 6) is 0.122. The number of piperidine rings is 1. The molecule has 1 unspecified atom stereocenters. The second-order valence-corrected chi connectivity index (χ2v) is 6.67. The molecule has 20 heavy (non-hydrogen) atoms. The highest BCUT2D eigenvalue weighted by atomic mass is 16.6. The van der Waals surface area contributed by atoms with Crippen molar-refractivity contribution in [1.29, 1.82) is 0 Å². The maximum atomic E-state index is 12.0. The van der Waals surface area contributed by atoms with E-state index in [2.05, 4.69) is 0 Å². The zero-order valence-electron chi connectivity index (χ0n) is 12.6. The Morgan fingerprint density at radius 1 is 1.40 bits per heavy atom. The minimum Gasteiger partial charge on any atom is -0.501 e. The van der Waals surface area contributed by atoms with Gasteiger partial charge in [-0.1, -0.05) is 0 Å². The fraction of sp³-hybridized carbons (Fsp3) is 0.800. The summed E-state index contributed by atoms with van der Waals surface area (Å²) < 4.78 is 10.5. The molecule has 1 amide bonds. The van der Waals surface area contributed by atoms with Gasteiger partial charge < -0.3 is 19.5 Å². The second-order valence-electron chi connectivity index (χ2n) is 6.67. The summed E-state index contributed by atoms with van der Waals surface area (Å²) in [6.45, 7) is 7.31. The summed E-state index contributed by atoms with van der Waals surface area (Å²) in [6.07, 6.45) is 5.32. The van der Waals surface area contributed by atoms with Crippen molar-refractivity contribution < 1.29 is 19.4 Å². The SMILES string of the molecule is CC(C)(C)OC(=O)N1CCC(O)(C2C=COCC2)CC1. The van der Waals surface area contributed by atoms with Gasteiger partial charge >= 0.3 is 6.09 Å². The summed E-state index contributed by atoms with van der Waals surface area (Å²) in [7, 11) is 0. The van der Waals surface area contributed by atoms with E-state index in [1.165, 1.54) is 0 Å². The topological polar surface area (TPSA) is 59.0 Å². The molecule has 1 saturated heterocycles. The number of ether oxygens (including phenoxy) is 2. The molecule has 0 aliphatic carbocycles. The summed E-state index contributed by atoms with van der Waals surface area (Å²) >= 11 is 0. The van der Waals surface area contributed by atoms with Crippen LogP contribution in [-0.4, -0.2) is 47.0 Å². The molecule has 5 nitrogen and oxygen atoms in total. The molecule has 0 radical (unpaired) electrons. The quantitative estimate of drug-likeness (QED) is 0.802. The number of hydrogen-bond acceptors (Lipinski definition) is 4. The van der Waals surface area contributed by atoms with Crippen LogP contribution in [0.4, 0.5) is 4.79 Å². The first-order valence-corrected chi connectivity index (χ1v) is 7.29. The Kier molecular flexibility index (Phi) is 4.28. The zero-order valence-corrected chi connectivity index (χ0v) is 12.6. The minimum atomic E-state index is -0.723. The lowest BCUT2D eigenvalue weighted by atomic mass is 9.77. The van der Waals surface area contributed by atoms with Crippen molar-refractivity contribution in [2.75, 3.05) is 19.7 Å². The van der Waals surface area contributed by atoms with E-state index in [4.69, 9.17) is 9.47 Å². The molecule has 1 fully saturated rings. The molecule has 0 spiro atoms. The van der Waals surface area contributed by atoms with Gasteiger partial charge in [0, 0.05) is 19.0 Å². The van der Waals surface area contributed by atoms with E-state index >= 15 is 0 Å². The van der Waals surface area contributed by atoms with Gasteiger partial charge in [0.2, 0.25) is 0 Å². The lowest BCUT2D eigenvalue weighted by Crippen LogP contribution is -2.51. The van der Waals surface area contributed by atoms with Crippen molar-refractivity contribution in [3.8, 4) is 0 Å². The van der Waals surface area contributed by atoms with Gasteiger partial charge in [-0.05, 0) is 46.1 Å². The van der Waals surface area contributed by atoms with Gasteiger partial charge in [0.05, 0.1) is 18.5 Å². The molecule has 1 atom stereocenters. The minimum absolute atomic E-state index is 0.122. The average Bonchev–Trinajstić information content (AvgIpc) is 2.38. The van der Waals surface area contributed by atoms with Crippen molar-refractivity contribution in [2.45, 2.75) is 51.2 Å². The summed E-state index contributed by atoms with van der Waals surface area (Å²) in [5, 5.41) is 10.7. The van der Waals surface area contributed by atoms with E-state index in [1.807, 2.05) is 26.8 Å². The van der Waals surface area contributed by atoms with Crippen LogP contribution in [0.15, 0.2) is 12.3 Å². The van der Waals surface area contributed by atoms with Gasteiger partial charge in [-0.3, -0.25) is 0 Å². The van der Waals surface area contributed by atoms with E-state index in [0.29, 0.717) is 32.5 Å². The third-order valence-corrected chi connectivity index (χ3v) is 3.92. The number of rotatable bonds is 1. The largest absolute Gasteiger partial charge is 0.501 e. The van der Waals surface area contributed by atoms with Crippen LogP contribution >= 0.6 is 0 Å². The van der Waals surface area contributed by atoms with E-state index in [9.17, 15) is 9.90 Å². The number of amides is 1.